The zero-order valence-electron chi connectivity index (χ0n) is 11.6. The molecule has 0 fully saturated rings. The van der Waals surface area contributed by atoms with E-state index in [1.165, 1.54) is 0 Å². The number of methoxy groups -OCH3 is 1. The Morgan fingerprint density at radius 2 is 1.95 bits per heavy atom. The Hall–Kier alpha value is -2.33. The van der Waals surface area contributed by atoms with Gasteiger partial charge in [-0.2, -0.15) is 0 Å². The molecule has 0 atom stereocenters. The number of amides is 1. The molecule has 5 heteroatoms. The van der Waals surface area contributed by atoms with E-state index in [1.807, 2.05) is 24.3 Å². The number of carbonyl (C=O) groups excluding carboxylic acids is 1. The number of nitrogens with zero attached hydrogens (tertiary/aromatic N) is 2. The Morgan fingerprint density at radius 3 is 2.67 bits per heavy atom. The standard InChI is InChI=1S/C16H13ClN2O2/c1-19-13-6-4-3-5-11(13)15(16(19)20)18-10-7-8-14(21-2)12(17)9-10/h3-9H,1-2H3. The van der Waals surface area contributed by atoms with Crippen molar-refractivity contribution in [1.29, 1.82) is 0 Å². The van der Waals surface area contributed by atoms with E-state index in [0.29, 0.717) is 22.2 Å². The Morgan fingerprint density at radius 1 is 1.19 bits per heavy atom. The van der Waals surface area contributed by atoms with Gasteiger partial charge in [0.1, 0.15) is 11.5 Å². The van der Waals surface area contributed by atoms with Gasteiger partial charge < -0.3 is 9.64 Å². The summed E-state index contributed by atoms with van der Waals surface area (Å²) in [6.07, 6.45) is 0. The Bertz CT molecular complexity index is 756. The number of aliphatic imine (C=N–C) groups is 1. The molecule has 1 heterocycles. The summed E-state index contributed by atoms with van der Waals surface area (Å²) in [4.78, 5) is 18.4. The Kier molecular flexibility index (Phi) is 3.39. The molecule has 0 radical (unpaired) electrons. The van der Waals surface area contributed by atoms with Crippen LogP contribution in [0.4, 0.5) is 11.4 Å². The molecule has 0 saturated carbocycles. The van der Waals surface area contributed by atoms with Crippen LogP contribution in [0.3, 0.4) is 0 Å². The molecule has 0 bridgehead atoms. The van der Waals surface area contributed by atoms with Crippen molar-refractivity contribution in [1.82, 2.24) is 0 Å². The number of fused-ring (bicyclic) bond motifs is 1. The van der Waals surface area contributed by atoms with Crippen molar-refractivity contribution >= 4 is 34.6 Å². The average molecular weight is 301 g/mol. The molecule has 0 aliphatic carbocycles. The molecule has 4 nitrogen and oxygen atoms in total. The molecule has 2 aromatic carbocycles. The van der Waals surface area contributed by atoms with Crippen LogP contribution in [-0.2, 0) is 4.79 Å². The predicted octanol–water partition coefficient (Wildman–Crippen LogP) is 3.45. The number of ether oxygens (including phenoxy) is 1. The molecular formula is C16H13ClN2O2. The molecule has 1 aliphatic rings. The van der Waals surface area contributed by atoms with Crippen molar-refractivity contribution < 1.29 is 9.53 Å². The lowest BCUT2D eigenvalue weighted by Crippen LogP contribution is -2.25. The van der Waals surface area contributed by atoms with Gasteiger partial charge in [-0.1, -0.05) is 29.8 Å². The van der Waals surface area contributed by atoms with E-state index >= 15 is 0 Å². The second kappa shape index (κ2) is 5.22. The van der Waals surface area contributed by atoms with Gasteiger partial charge in [-0.25, -0.2) is 4.99 Å². The number of hydrogen-bond acceptors (Lipinski definition) is 3. The van der Waals surface area contributed by atoms with Gasteiger partial charge in [-0.05, 0) is 24.3 Å². The molecular weight excluding hydrogens is 288 g/mol. The highest BCUT2D eigenvalue weighted by molar-refractivity contribution is 6.54. The topological polar surface area (TPSA) is 41.9 Å². The Labute approximate surface area is 127 Å². The van der Waals surface area contributed by atoms with Gasteiger partial charge in [-0.15, -0.1) is 0 Å². The first-order valence-corrected chi connectivity index (χ1v) is 6.79. The van der Waals surface area contributed by atoms with Crippen LogP contribution >= 0.6 is 11.6 Å². The fourth-order valence-corrected chi connectivity index (χ4v) is 2.56. The second-order valence-electron chi connectivity index (χ2n) is 4.66. The lowest BCUT2D eigenvalue weighted by atomic mass is 10.1. The molecule has 0 aromatic heterocycles. The summed E-state index contributed by atoms with van der Waals surface area (Å²) in [5.74, 6) is 0.457. The largest absolute Gasteiger partial charge is 0.495 e. The molecule has 1 aliphatic heterocycles. The van der Waals surface area contributed by atoms with Crippen molar-refractivity contribution in [2.24, 2.45) is 4.99 Å². The summed E-state index contributed by atoms with van der Waals surface area (Å²) in [6, 6.07) is 12.8. The molecule has 0 unspecified atom stereocenters. The second-order valence-corrected chi connectivity index (χ2v) is 5.07. The van der Waals surface area contributed by atoms with Crippen LogP contribution < -0.4 is 9.64 Å². The quantitative estimate of drug-likeness (QED) is 0.852. The maximum atomic E-state index is 12.3. The minimum atomic E-state index is -0.122. The van der Waals surface area contributed by atoms with E-state index in [0.717, 1.165) is 11.3 Å². The third-order valence-electron chi connectivity index (χ3n) is 3.40. The fraction of sp³-hybridized carbons (Fsp3) is 0.125. The molecule has 3 rings (SSSR count). The molecule has 2 aromatic rings. The highest BCUT2D eigenvalue weighted by Crippen LogP contribution is 2.32. The summed E-state index contributed by atoms with van der Waals surface area (Å²) in [6.45, 7) is 0. The number of anilines is 1. The monoisotopic (exact) mass is 300 g/mol. The maximum Gasteiger partial charge on any atom is 0.277 e. The van der Waals surface area contributed by atoms with Crippen molar-refractivity contribution in [2.45, 2.75) is 0 Å². The van der Waals surface area contributed by atoms with Gasteiger partial charge in [0.05, 0.1) is 23.5 Å². The summed E-state index contributed by atoms with van der Waals surface area (Å²) in [7, 11) is 3.29. The summed E-state index contributed by atoms with van der Waals surface area (Å²) < 4.78 is 5.11. The van der Waals surface area contributed by atoms with Crippen molar-refractivity contribution in [3.63, 3.8) is 0 Å². The smallest absolute Gasteiger partial charge is 0.277 e. The van der Waals surface area contributed by atoms with Crippen LogP contribution in [0.25, 0.3) is 0 Å². The van der Waals surface area contributed by atoms with Gasteiger partial charge in [0, 0.05) is 12.6 Å². The maximum absolute atomic E-state index is 12.3. The Balaban J connectivity index is 2.08. The van der Waals surface area contributed by atoms with Crippen LogP contribution in [0.5, 0.6) is 5.75 Å². The first-order chi connectivity index (χ1) is 10.1. The fourth-order valence-electron chi connectivity index (χ4n) is 2.31. The third-order valence-corrected chi connectivity index (χ3v) is 3.70. The van der Waals surface area contributed by atoms with Crippen LogP contribution in [-0.4, -0.2) is 25.8 Å². The molecule has 1 amide bonds. The van der Waals surface area contributed by atoms with E-state index in [4.69, 9.17) is 16.3 Å². The number of rotatable bonds is 2. The number of halogens is 1. The molecule has 0 saturated heterocycles. The average Bonchev–Trinajstić information content (AvgIpc) is 2.73. The zero-order chi connectivity index (χ0) is 15.0. The van der Waals surface area contributed by atoms with Gasteiger partial charge in [0.2, 0.25) is 0 Å². The lowest BCUT2D eigenvalue weighted by Gasteiger charge is -2.07. The normalized spacial score (nSPS) is 15.5. The van der Waals surface area contributed by atoms with Crippen LogP contribution in [0.15, 0.2) is 47.5 Å². The predicted molar refractivity (Wildman–Crippen MR) is 84.1 cm³/mol. The van der Waals surface area contributed by atoms with Crippen molar-refractivity contribution in [2.75, 3.05) is 19.1 Å². The number of carbonyl (C=O) groups is 1. The summed E-state index contributed by atoms with van der Waals surface area (Å²) in [5, 5.41) is 0.464. The highest BCUT2D eigenvalue weighted by atomic mass is 35.5. The van der Waals surface area contributed by atoms with Gasteiger partial charge in [0.15, 0.2) is 0 Å². The van der Waals surface area contributed by atoms with Crippen LogP contribution in [0.2, 0.25) is 5.02 Å². The summed E-state index contributed by atoms with van der Waals surface area (Å²) >= 11 is 6.09. The highest BCUT2D eigenvalue weighted by Gasteiger charge is 2.30. The van der Waals surface area contributed by atoms with Gasteiger partial charge in [-0.3, -0.25) is 4.79 Å². The third kappa shape index (κ3) is 2.28. The molecule has 0 N–H and O–H groups in total. The first-order valence-electron chi connectivity index (χ1n) is 6.41. The van der Waals surface area contributed by atoms with E-state index in [9.17, 15) is 4.79 Å². The molecule has 0 spiro atoms. The van der Waals surface area contributed by atoms with Crippen LogP contribution in [0, 0.1) is 0 Å². The van der Waals surface area contributed by atoms with Crippen LogP contribution in [0.1, 0.15) is 5.56 Å². The first kappa shape index (κ1) is 13.6. The number of likely N-dealkylation sites (N-methyl/N-ethyl adjacent to an activating group) is 1. The minimum Gasteiger partial charge on any atom is -0.495 e. The van der Waals surface area contributed by atoms with Crippen molar-refractivity contribution in [3.05, 3.63) is 53.1 Å². The minimum absolute atomic E-state index is 0.122. The SMILES string of the molecule is COc1ccc(N=C2C(=O)N(C)c3ccccc32)cc1Cl. The summed E-state index contributed by atoms with van der Waals surface area (Å²) in [5.41, 5.74) is 2.74. The van der Waals surface area contributed by atoms with E-state index in [2.05, 4.69) is 4.99 Å². The van der Waals surface area contributed by atoms with Gasteiger partial charge in [0.25, 0.3) is 5.91 Å². The van der Waals surface area contributed by atoms with Crippen molar-refractivity contribution in [3.8, 4) is 5.75 Å². The van der Waals surface area contributed by atoms with E-state index in [-0.39, 0.29) is 5.91 Å². The molecule has 21 heavy (non-hydrogen) atoms. The number of para-hydroxylation sites is 1. The van der Waals surface area contributed by atoms with E-state index in [1.54, 1.807) is 37.3 Å². The van der Waals surface area contributed by atoms with E-state index < -0.39 is 0 Å². The van der Waals surface area contributed by atoms with Gasteiger partial charge >= 0.3 is 0 Å². The number of hydrogen-bond donors (Lipinski definition) is 0. The lowest BCUT2D eigenvalue weighted by molar-refractivity contribution is -0.111. The number of benzene rings is 2. The zero-order valence-corrected chi connectivity index (χ0v) is 12.4. The molecule has 106 valence electrons.